The summed E-state index contributed by atoms with van der Waals surface area (Å²) in [5, 5.41) is 18.8. The number of aliphatic hydroxyl groups is 1. The molecule has 1 aliphatic heterocycles. The summed E-state index contributed by atoms with van der Waals surface area (Å²) >= 11 is 0. The summed E-state index contributed by atoms with van der Waals surface area (Å²) in [7, 11) is 0. The van der Waals surface area contributed by atoms with Crippen LogP contribution in [-0.4, -0.2) is 58.9 Å². The van der Waals surface area contributed by atoms with Gasteiger partial charge in [-0.2, -0.15) is 0 Å². The largest absolute Gasteiger partial charge is 0.481 e. The van der Waals surface area contributed by atoms with Crippen molar-refractivity contribution in [3.63, 3.8) is 0 Å². The third kappa shape index (κ3) is 7.93. The van der Waals surface area contributed by atoms with Crippen LogP contribution in [0.5, 0.6) is 0 Å². The van der Waals surface area contributed by atoms with E-state index in [1.807, 2.05) is 41.3 Å². The smallest absolute Gasteiger partial charge is 0.305 e. The number of carboxylic acids is 1. The first-order chi connectivity index (χ1) is 13.1. The fourth-order valence-electron chi connectivity index (χ4n) is 3.22. The molecule has 0 saturated carbocycles. The molecule has 6 heteroatoms. The Morgan fingerprint density at radius 1 is 1.30 bits per heavy atom. The Hall–Kier alpha value is -2.18. The van der Waals surface area contributed by atoms with Gasteiger partial charge in [0.2, 0.25) is 5.91 Å². The number of aliphatic carboxylic acids is 1. The Kier molecular flexibility index (Phi) is 9.01. The number of carboxylic acid groups (broad SMARTS) is 1. The van der Waals surface area contributed by atoms with Crippen molar-refractivity contribution in [3.8, 4) is 0 Å². The van der Waals surface area contributed by atoms with Crippen LogP contribution in [0.25, 0.3) is 0 Å². The van der Waals surface area contributed by atoms with Crippen LogP contribution in [0.1, 0.15) is 37.7 Å². The molecule has 6 nitrogen and oxygen atoms in total. The van der Waals surface area contributed by atoms with Crippen LogP contribution in [0, 0.1) is 0 Å². The molecule has 1 heterocycles. The molecule has 148 valence electrons. The minimum absolute atomic E-state index is 0.00399. The van der Waals surface area contributed by atoms with Crippen molar-refractivity contribution in [1.29, 1.82) is 0 Å². The van der Waals surface area contributed by atoms with E-state index in [9.17, 15) is 14.7 Å². The highest BCUT2D eigenvalue weighted by Crippen LogP contribution is 2.20. The van der Waals surface area contributed by atoms with E-state index in [1.165, 1.54) is 0 Å². The second kappa shape index (κ2) is 11.5. The molecule has 2 N–H and O–H groups in total. The van der Waals surface area contributed by atoms with E-state index in [-0.39, 0.29) is 25.0 Å². The van der Waals surface area contributed by atoms with Crippen molar-refractivity contribution in [3.05, 3.63) is 48.0 Å². The molecule has 1 aromatic carbocycles. The average Bonchev–Trinajstić information content (AvgIpc) is 2.65. The molecule has 2 rings (SSSR count). The number of aliphatic hydroxyl groups excluding tert-OH is 1. The van der Waals surface area contributed by atoms with Crippen LogP contribution >= 0.6 is 0 Å². The van der Waals surface area contributed by atoms with E-state index in [0.717, 1.165) is 18.4 Å². The van der Waals surface area contributed by atoms with Crippen LogP contribution in [0.15, 0.2) is 42.5 Å². The van der Waals surface area contributed by atoms with Gasteiger partial charge in [-0.3, -0.25) is 9.59 Å². The van der Waals surface area contributed by atoms with Gasteiger partial charge in [0.05, 0.1) is 25.2 Å². The quantitative estimate of drug-likeness (QED) is 0.458. The third-order valence-corrected chi connectivity index (χ3v) is 4.60. The van der Waals surface area contributed by atoms with Gasteiger partial charge in [0.15, 0.2) is 0 Å². The number of hydrogen-bond acceptors (Lipinski definition) is 4. The molecular formula is C21H29NO5. The lowest BCUT2D eigenvalue weighted by Gasteiger charge is -2.34. The van der Waals surface area contributed by atoms with Crippen molar-refractivity contribution in [2.45, 2.75) is 50.7 Å². The van der Waals surface area contributed by atoms with Crippen molar-refractivity contribution in [2.75, 3.05) is 19.8 Å². The SMILES string of the molecule is O=C(O)CCOCCCN1C(=O)CCC[C@@H]1/C=C/C(O)Cc1ccccc1. The number of ether oxygens (including phenoxy) is 1. The zero-order chi connectivity index (χ0) is 19.5. The van der Waals surface area contributed by atoms with Crippen molar-refractivity contribution >= 4 is 11.9 Å². The highest BCUT2D eigenvalue weighted by Gasteiger charge is 2.25. The Bertz CT molecular complexity index is 616. The summed E-state index contributed by atoms with van der Waals surface area (Å²) in [4.78, 5) is 24.6. The number of carbonyl (C=O) groups is 2. The Labute approximate surface area is 160 Å². The van der Waals surface area contributed by atoms with Crippen molar-refractivity contribution in [2.24, 2.45) is 0 Å². The van der Waals surface area contributed by atoms with E-state index >= 15 is 0 Å². The Morgan fingerprint density at radius 2 is 2.07 bits per heavy atom. The number of carbonyl (C=O) groups excluding carboxylic acids is 1. The van der Waals surface area contributed by atoms with Gasteiger partial charge in [0.1, 0.15) is 0 Å². The molecule has 0 aromatic heterocycles. The zero-order valence-electron chi connectivity index (χ0n) is 15.6. The first-order valence-electron chi connectivity index (χ1n) is 9.55. The first kappa shape index (κ1) is 21.1. The molecule has 0 spiro atoms. The van der Waals surface area contributed by atoms with E-state index in [1.54, 1.807) is 6.08 Å². The molecule has 0 aliphatic carbocycles. The fourth-order valence-corrected chi connectivity index (χ4v) is 3.22. The minimum atomic E-state index is -0.875. The fraction of sp³-hybridized carbons (Fsp3) is 0.524. The molecule has 1 aliphatic rings. The maximum atomic E-state index is 12.3. The number of hydrogen-bond donors (Lipinski definition) is 2. The predicted molar refractivity (Wildman–Crippen MR) is 102 cm³/mol. The van der Waals surface area contributed by atoms with Gasteiger partial charge in [-0.05, 0) is 24.8 Å². The monoisotopic (exact) mass is 375 g/mol. The Balaban J connectivity index is 1.79. The molecule has 0 bridgehead atoms. The Morgan fingerprint density at radius 3 is 2.81 bits per heavy atom. The molecule has 1 amide bonds. The topological polar surface area (TPSA) is 87.1 Å². The number of amides is 1. The maximum absolute atomic E-state index is 12.3. The van der Waals surface area contributed by atoms with Gasteiger partial charge < -0.3 is 19.8 Å². The summed E-state index contributed by atoms with van der Waals surface area (Å²) in [6, 6.07) is 9.81. The van der Waals surface area contributed by atoms with Crippen LogP contribution in [-0.2, 0) is 20.7 Å². The van der Waals surface area contributed by atoms with Gasteiger partial charge in [0.25, 0.3) is 0 Å². The average molecular weight is 375 g/mol. The van der Waals surface area contributed by atoms with Gasteiger partial charge in [-0.25, -0.2) is 0 Å². The predicted octanol–water partition coefficient (Wildman–Crippen LogP) is 2.41. The molecule has 1 aromatic rings. The summed E-state index contributed by atoms with van der Waals surface area (Å²) in [6.45, 7) is 1.21. The van der Waals surface area contributed by atoms with E-state index in [0.29, 0.717) is 32.4 Å². The number of benzene rings is 1. The van der Waals surface area contributed by atoms with Crippen molar-refractivity contribution in [1.82, 2.24) is 4.90 Å². The van der Waals surface area contributed by atoms with E-state index < -0.39 is 12.1 Å². The summed E-state index contributed by atoms with van der Waals surface area (Å²) in [5.74, 6) is -0.751. The van der Waals surface area contributed by atoms with Gasteiger partial charge >= 0.3 is 5.97 Å². The van der Waals surface area contributed by atoms with Crippen molar-refractivity contribution < 1.29 is 24.5 Å². The normalized spacial score (nSPS) is 18.8. The highest BCUT2D eigenvalue weighted by molar-refractivity contribution is 5.77. The third-order valence-electron chi connectivity index (χ3n) is 4.60. The number of rotatable bonds is 11. The number of piperidine rings is 1. The molecule has 27 heavy (non-hydrogen) atoms. The van der Waals surface area contributed by atoms with Gasteiger partial charge in [-0.15, -0.1) is 0 Å². The standard InChI is InChI=1S/C21H29NO5/c23-19(16-17-6-2-1-3-7-17)11-10-18-8-4-9-20(24)22(18)13-5-14-27-15-12-21(25)26/h1-3,6-7,10-11,18-19,23H,4-5,8-9,12-16H2,(H,25,26)/b11-10+/t18-,19?/m1/s1. The summed E-state index contributed by atoms with van der Waals surface area (Å²) < 4.78 is 5.29. The summed E-state index contributed by atoms with van der Waals surface area (Å²) in [6.07, 6.45) is 6.66. The first-order valence-corrected chi connectivity index (χ1v) is 9.55. The molecule has 1 saturated heterocycles. The van der Waals surface area contributed by atoms with E-state index in [2.05, 4.69) is 0 Å². The van der Waals surface area contributed by atoms with Crippen LogP contribution in [0.3, 0.4) is 0 Å². The van der Waals surface area contributed by atoms with Gasteiger partial charge in [-0.1, -0.05) is 42.5 Å². The molecular weight excluding hydrogens is 346 g/mol. The highest BCUT2D eigenvalue weighted by atomic mass is 16.5. The lowest BCUT2D eigenvalue weighted by molar-refractivity contribution is -0.138. The lowest BCUT2D eigenvalue weighted by Crippen LogP contribution is -2.43. The molecule has 2 atom stereocenters. The minimum Gasteiger partial charge on any atom is -0.481 e. The summed E-state index contributed by atoms with van der Waals surface area (Å²) in [5.41, 5.74) is 1.07. The van der Waals surface area contributed by atoms with Crippen LogP contribution in [0.4, 0.5) is 0 Å². The molecule has 1 fully saturated rings. The van der Waals surface area contributed by atoms with Crippen LogP contribution < -0.4 is 0 Å². The second-order valence-corrected chi connectivity index (χ2v) is 6.80. The molecule has 0 radical (unpaired) electrons. The maximum Gasteiger partial charge on any atom is 0.305 e. The zero-order valence-corrected chi connectivity index (χ0v) is 15.6. The lowest BCUT2D eigenvalue weighted by atomic mass is 9.99. The van der Waals surface area contributed by atoms with Gasteiger partial charge in [0, 0.05) is 26.0 Å². The number of likely N-dealkylation sites (tertiary alicyclic amines) is 1. The van der Waals surface area contributed by atoms with E-state index in [4.69, 9.17) is 9.84 Å². The van der Waals surface area contributed by atoms with Crippen LogP contribution in [0.2, 0.25) is 0 Å². The number of nitrogens with zero attached hydrogens (tertiary/aromatic N) is 1. The second-order valence-electron chi connectivity index (χ2n) is 6.80. The molecule has 1 unspecified atom stereocenters.